The SMILES string of the molecule is C=C(CCCC(C)NCc1ccccc1)OCCCC. The molecule has 1 aromatic carbocycles. The summed E-state index contributed by atoms with van der Waals surface area (Å²) in [5, 5.41) is 3.55. The normalized spacial score (nSPS) is 12.1. The molecule has 0 fully saturated rings. The third kappa shape index (κ3) is 8.00. The molecule has 0 saturated heterocycles. The molecule has 1 N–H and O–H groups in total. The molecule has 1 rings (SSSR count). The fourth-order valence-electron chi connectivity index (χ4n) is 2.03. The molecule has 1 atom stereocenters. The van der Waals surface area contributed by atoms with Crippen molar-refractivity contribution >= 4 is 0 Å². The summed E-state index contributed by atoms with van der Waals surface area (Å²) in [5.74, 6) is 0.939. The molecule has 1 unspecified atom stereocenters. The van der Waals surface area contributed by atoms with Crippen LogP contribution in [-0.4, -0.2) is 12.6 Å². The standard InChI is InChI=1S/C18H29NO/c1-4-5-14-20-17(3)11-9-10-16(2)19-15-18-12-7-6-8-13-18/h6-8,12-13,16,19H,3-5,9-11,14-15H2,1-2H3. The Hall–Kier alpha value is -1.28. The van der Waals surface area contributed by atoms with Crippen LogP contribution in [0.4, 0.5) is 0 Å². The predicted octanol–water partition coefficient (Wildman–Crippen LogP) is 4.67. The van der Waals surface area contributed by atoms with Gasteiger partial charge in [-0.05, 0) is 31.7 Å². The van der Waals surface area contributed by atoms with Gasteiger partial charge in [0.25, 0.3) is 0 Å². The Kier molecular flexibility index (Phi) is 8.81. The van der Waals surface area contributed by atoms with E-state index < -0.39 is 0 Å². The summed E-state index contributed by atoms with van der Waals surface area (Å²) in [6, 6.07) is 11.1. The molecule has 0 aliphatic rings. The van der Waals surface area contributed by atoms with E-state index in [1.807, 2.05) is 0 Å². The molecule has 0 heterocycles. The van der Waals surface area contributed by atoms with E-state index in [0.29, 0.717) is 6.04 Å². The first kappa shape index (κ1) is 16.8. The van der Waals surface area contributed by atoms with Crippen LogP contribution in [0, 0.1) is 0 Å². The van der Waals surface area contributed by atoms with Crippen LogP contribution < -0.4 is 5.32 Å². The number of ether oxygens (including phenoxy) is 1. The molecule has 2 nitrogen and oxygen atoms in total. The van der Waals surface area contributed by atoms with Crippen molar-refractivity contribution in [2.24, 2.45) is 0 Å². The van der Waals surface area contributed by atoms with Gasteiger partial charge in [0.05, 0.1) is 12.4 Å². The molecule has 0 aromatic heterocycles. The van der Waals surface area contributed by atoms with Crippen molar-refractivity contribution in [3.63, 3.8) is 0 Å². The van der Waals surface area contributed by atoms with Crippen LogP contribution in [0.25, 0.3) is 0 Å². The van der Waals surface area contributed by atoms with Crippen LogP contribution in [0.5, 0.6) is 0 Å². The van der Waals surface area contributed by atoms with Crippen LogP contribution in [0.3, 0.4) is 0 Å². The largest absolute Gasteiger partial charge is 0.499 e. The van der Waals surface area contributed by atoms with Crippen molar-refractivity contribution in [3.8, 4) is 0 Å². The van der Waals surface area contributed by atoms with E-state index >= 15 is 0 Å². The Bertz CT molecular complexity index is 361. The predicted molar refractivity (Wildman–Crippen MR) is 86.6 cm³/mol. The molecular weight excluding hydrogens is 246 g/mol. The van der Waals surface area contributed by atoms with Crippen molar-refractivity contribution in [3.05, 3.63) is 48.2 Å². The molecule has 0 saturated carbocycles. The Morgan fingerprint density at radius 3 is 2.70 bits per heavy atom. The minimum absolute atomic E-state index is 0.527. The third-order valence-corrected chi connectivity index (χ3v) is 3.39. The van der Waals surface area contributed by atoms with Crippen LogP contribution in [0.15, 0.2) is 42.7 Å². The van der Waals surface area contributed by atoms with E-state index in [9.17, 15) is 0 Å². The van der Waals surface area contributed by atoms with Crippen molar-refractivity contribution in [2.45, 2.75) is 58.5 Å². The summed E-state index contributed by atoms with van der Waals surface area (Å²) >= 11 is 0. The van der Waals surface area contributed by atoms with E-state index in [-0.39, 0.29) is 0 Å². The average molecular weight is 275 g/mol. The van der Waals surface area contributed by atoms with E-state index in [0.717, 1.165) is 44.6 Å². The number of hydrogen-bond acceptors (Lipinski definition) is 2. The smallest absolute Gasteiger partial charge is 0.0888 e. The molecule has 0 amide bonds. The number of rotatable bonds is 11. The number of allylic oxidation sites excluding steroid dienone is 1. The fourth-order valence-corrected chi connectivity index (χ4v) is 2.03. The van der Waals surface area contributed by atoms with Crippen LogP contribution in [0.2, 0.25) is 0 Å². The Balaban J connectivity index is 2.05. The van der Waals surface area contributed by atoms with Gasteiger partial charge in [0.15, 0.2) is 0 Å². The maximum Gasteiger partial charge on any atom is 0.0888 e. The second kappa shape index (κ2) is 10.5. The van der Waals surface area contributed by atoms with Crippen molar-refractivity contribution < 1.29 is 4.74 Å². The van der Waals surface area contributed by atoms with Gasteiger partial charge in [-0.3, -0.25) is 0 Å². The molecule has 0 radical (unpaired) electrons. The van der Waals surface area contributed by atoms with Crippen LogP contribution in [0.1, 0.15) is 51.5 Å². The summed E-state index contributed by atoms with van der Waals surface area (Å²) in [6.07, 6.45) is 5.56. The molecule has 0 spiro atoms. The zero-order chi connectivity index (χ0) is 14.6. The van der Waals surface area contributed by atoms with Crippen LogP contribution >= 0.6 is 0 Å². The zero-order valence-corrected chi connectivity index (χ0v) is 13.0. The third-order valence-electron chi connectivity index (χ3n) is 3.39. The van der Waals surface area contributed by atoms with Crippen molar-refractivity contribution in [2.75, 3.05) is 6.61 Å². The highest BCUT2D eigenvalue weighted by Gasteiger charge is 2.03. The Morgan fingerprint density at radius 2 is 2.00 bits per heavy atom. The minimum atomic E-state index is 0.527. The molecule has 20 heavy (non-hydrogen) atoms. The van der Waals surface area contributed by atoms with Gasteiger partial charge in [0.2, 0.25) is 0 Å². The molecule has 0 aliphatic heterocycles. The van der Waals surface area contributed by atoms with Crippen molar-refractivity contribution in [1.82, 2.24) is 5.32 Å². The average Bonchev–Trinajstić information content (AvgIpc) is 2.46. The first-order valence-corrected chi connectivity index (χ1v) is 7.80. The second-order valence-electron chi connectivity index (χ2n) is 5.40. The lowest BCUT2D eigenvalue weighted by Crippen LogP contribution is -2.25. The summed E-state index contributed by atoms with van der Waals surface area (Å²) in [5.41, 5.74) is 1.34. The Labute approximate surface area is 124 Å². The van der Waals surface area contributed by atoms with Crippen LogP contribution in [-0.2, 0) is 11.3 Å². The maximum absolute atomic E-state index is 5.58. The number of nitrogens with one attached hydrogen (secondary N) is 1. The van der Waals surface area contributed by atoms with Crippen molar-refractivity contribution in [1.29, 1.82) is 0 Å². The second-order valence-corrected chi connectivity index (χ2v) is 5.40. The number of hydrogen-bond donors (Lipinski definition) is 1. The summed E-state index contributed by atoms with van der Waals surface area (Å²) in [6.45, 7) is 10.1. The molecule has 112 valence electrons. The molecule has 2 heteroatoms. The highest BCUT2D eigenvalue weighted by Crippen LogP contribution is 2.10. The summed E-state index contributed by atoms with van der Waals surface area (Å²) < 4.78 is 5.58. The van der Waals surface area contributed by atoms with E-state index in [1.165, 1.54) is 12.0 Å². The van der Waals surface area contributed by atoms with E-state index in [1.54, 1.807) is 0 Å². The first-order chi connectivity index (χ1) is 9.72. The fraction of sp³-hybridized carbons (Fsp3) is 0.556. The maximum atomic E-state index is 5.58. The molecule has 0 aliphatic carbocycles. The van der Waals surface area contributed by atoms with Gasteiger partial charge in [0, 0.05) is 19.0 Å². The molecule has 1 aromatic rings. The quantitative estimate of drug-likeness (QED) is 0.468. The topological polar surface area (TPSA) is 21.3 Å². The summed E-state index contributed by atoms with van der Waals surface area (Å²) in [4.78, 5) is 0. The lowest BCUT2D eigenvalue weighted by molar-refractivity contribution is 0.197. The minimum Gasteiger partial charge on any atom is -0.499 e. The zero-order valence-electron chi connectivity index (χ0n) is 13.0. The van der Waals surface area contributed by atoms with E-state index in [2.05, 4.69) is 56.1 Å². The number of unbranched alkanes of at least 4 members (excludes halogenated alkanes) is 1. The van der Waals surface area contributed by atoms with Gasteiger partial charge in [-0.2, -0.15) is 0 Å². The van der Waals surface area contributed by atoms with Gasteiger partial charge >= 0.3 is 0 Å². The van der Waals surface area contributed by atoms with E-state index in [4.69, 9.17) is 4.74 Å². The van der Waals surface area contributed by atoms with Gasteiger partial charge < -0.3 is 10.1 Å². The molecule has 0 bridgehead atoms. The summed E-state index contributed by atoms with van der Waals surface area (Å²) in [7, 11) is 0. The highest BCUT2D eigenvalue weighted by molar-refractivity contribution is 5.14. The number of benzene rings is 1. The molecular formula is C18H29NO. The van der Waals surface area contributed by atoms with Gasteiger partial charge in [-0.25, -0.2) is 0 Å². The monoisotopic (exact) mass is 275 g/mol. The highest BCUT2D eigenvalue weighted by atomic mass is 16.5. The lowest BCUT2D eigenvalue weighted by Gasteiger charge is -2.14. The van der Waals surface area contributed by atoms with Gasteiger partial charge in [-0.1, -0.05) is 50.3 Å². The van der Waals surface area contributed by atoms with Gasteiger partial charge in [-0.15, -0.1) is 0 Å². The van der Waals surface area contributed by atoms with Gasteiger partial charge in [0.1, 0.15) is 0 Å². The lowest BCUT2D eigenvalue weighted by atomic mass is 10.1. The first-order valence-electron chi connectivity index (χ1n) is 7.80. The Morgan fingerprint density at radius 1 is 1.25 bits per heavy atom.